The van der Waals surface area contributed by atoms with Crippen molar-refractivity contribution in [2.75, 3.05) is 0 Å². The van der Waals surface area contributed by atoms with Crippen molar-refractivity contribution in [1.29, 1.82) is 0 Å². The van der Waals surface area contributed by atoms with Crippen LogP contribution in [0.1, 0.15) is 24.5 Å². The maximum Gasteiger partial charge on any atom is 0.326 e. The van der Waals surface area contributed by atoms with Crippen LogP contribution in [-0.2, 0) is 20.8 Å². The summed E-state index contributed by atoms with van der Waals surface area (Å²) in [4.78, 5) is 33.2. The summed E-state index contributed by atoms with van der Waals surface area (Å²) in [5.74, 6) is -2.69. The van der Waals surface area contributed by atoms with Crippen molar-refractivity contribution in [2.45, 2.75) is 25.8 Å². The number of hydrogen-bond acceptors (Lipinski definition) is 3. The van der Waals surface area contributed by atoms with Gasteiger partial charge in [0, 0.05) is 6.08 Å². The highest BCUT2D eigenvalue weighted by Crippen LogP contribution is 2.06. The van der Waals surface area contributed by atoms with Gasteiger partial charge in [0.1, 0.15) is 6.04 Å². The van der Waals surface area contributed by atoms with Crippen LogP contribution in [0.4, 0.5) is 0 Å². The molecular formula is C15H18N2O4. The van der Waals surface area contributed by atoms with Crippen molar-refractivity contribution in [1.82, 2.24) is 5.32 Å². The first-order valence-corrected chi connectivity index (χ1v) is 6.51. The van der Waals surface area contributed by atoms with Gasteiger partial charge in [0.15, 0.2) is 0 Å². The van der Waals surface area contributed by atoms with Gasteiger partial charge in [0.25, 0.3) is 0 Å². The number of aliphatic carboxylic acids is 1. The van der Waals surface area contributed by atoms with Gasteiger partial charge in [-0.2, -0.15) is 0 Å². The molecule has 2 amide bonds. The van der Waals surface area contributed by atoms with Gasteiger partial charge in [-0.05, 0) is 23.6 Å². The van der Waals surface area contributed by atoms with E-state index in [4.69, 9.17) is 10.8 Å². The van der Waals surface area contributed by atoms with Crippen molar-refractivity contribution < 1.29 is 19.5 Å². The molecule has 4 N–H and O–H groups in total. The first-order chi connectivity index (χ1) is 9.92. The quantitative estimate of drug-likeness (QED) is 0.642. The van der Waals surface area contributed by atoms with Gasteiger partial charge in [-0.3, -0.25) is 9.59 Å². The van der Waals surface area contributed by atoms with Crippen molar-refractivity contribution in [3.63, 3.8) is 0 Å². The minimum absolute atomic E-state index is 0.444. The zero-order chi connectivity index (χ0) is 15.8. The van der Waals surface area contributed by atoms with E-state index < -0.39 is 30.2 Å². The number of nitrogens with one attached hydrogen (secondary N) is 1. The number of primary amides is 1. The maximum absolute atomic E-state index is 11.6. The molecule has 1 aromatic carbocycles. The molecule has 0 heterocycles. The predicted molar refractivity (Wildman–Crippen MR) is 78.2 cm³/mol. The molecule has 0 aliphatic heterocycles. The standard InChI is InChI=1S/C15H18N2O4/c1-2-10-3-5-11(6-4-10)7-8-14(19)17-12(15(20)21)9-13(16)18/h3-8,12H,2,9H2,1H3,(H2,16,18)(H,17,19)(H,20,21)/b8-7+. The number of carboxylic acids is 1. The SMILES string of the molecule is CCc1ccc(/C=C/C(=O)NC(CC(N)=O)C(=O)O)cc1. The summed E-state index contributed by atoms with van der Waals surface area (Å²) in [6, 6.07) is 6.30. The topological polar surface area (TPSA) is 109 Å². The molecule has 1 unspecified atom stereocenters. The van der Waals surface area contributed by atoms with Gasteiger partial charge >= 0.3 is 5.97 Å². The fraction of sp³-hybridized carbons (Fsp3) is 0.267. The summed E-state index contributed by atoms with van der Waals surface area (Å²) >= 11 is 0. The van der Waals surface area contributed by atoms with Crippen LogP contribution < -0.4 is 11.1 Å². The Morgan fingerprint density at radius 3 is 2.38 bits per heavy atom. The molecule has 112 valence electrons. The second kappa shape index (κ2) is 7.84. The van der Waals surface area contributed by atoms with E-state index in [1.54, 1.807) is 6.08 Å². The molecule has 0 radical (unpaired) electrons. The van der Waals surface area contributed by atoms with Gasteiger partial charge in [0.05, 0.1) is 6.42 Å². The maximum atomic E-state index is 11.6. The van der Waals surface area contributed by atoms with E-state index in [9.17, 15) is 14.4 Å². The van der Waals surface area contributed by atoms with Gasteiger partial charge in [-0.1, -0.05) is 31.2 Å². The lowest BCUT2D eigenvalue weighted by atomic mass is 10.1. The Labute approximate surface area is 122 Å². The third-order valence-corrected chi connectivity index (χ3v) is 2.84. The minimum atomic E-state index is -1.32. The van der Waals surface area contributed by atoms with Crippen molar-refractivity contribution in [2.24, 2.45) is 5.73 Å². The van der Waals surface area contributed by atoms with Crippen LogP contribution in [0, 0.1) is 0 Å². The number of carbonyl (C=O) groups excluding carboxylic acids is 2. The Bertz CT molecular complexity index is 549. The van der Waals surface area contributed by atoms with E-state index in [-0.39, 0.29) is 0 Å². The van der Waals surface area contributed by atoms with Gasteiger partial charge in [-0.25, -0.2) is 4.79 Å². The number of nitrogens with two attached hydrogens (primary N) is 1. The van der Waals surface area contributed by atoms with Crippen LogP contribution in [-0.4, -0.2) is 28.9 Å². The lowest BCUT2D eigenvalue weighted by molar-refractivity contribution is -0.142. The number of benzene rings is 1. The molecule has 0 aliphatic rings. The minimum Gasteiger partial charge on any atom is -0.480 e. The van der Waals surface area contributed by atoms with Crippen molar-refractivity contribution in [3.8, 4) is 0 Å². The summed E-state index contributed by atoms with van der Waals surface area (Å²) in [6.07, 6.45) is 3.27. The van der Waals surface area contributed by atoms with Gasteiger partial charge < -0.3 is 16.2 Å². The predicted octanol–water partition coefficient (Wildman–Crippen LogP) is 0.707. The Balaban J connectivity index is 2.63. The summed E-state index contributed by atoms with van der Waals surface area (Å²) in [5, 5.41) is 11.1. The molecule has 0 fully saturated rings. The van der Waals surface area contributed by atoms with Crippen molar-refractivity contribution >= 4 is 23.9 Å². The number of amides is 2. The lowest BCUT2D eigenvalue weighted by Gasteiger charge is -2.10. The van der Waals surface area contributed by atoms with Gasteiger partial charge in [-0.15, -0.1) is 0 Å². The zero-order valence-electron chi connectivity index (χ0n) is 11.7. The third-order valence-electron chi connectivity index (χ3n) is 2.84. The van der Waals surface area contributed by atoms with Crippen LogP contribution in [0.3, 0.4) is 0 Å². The third kappa shape index (κ3) is 5.90. The molecule has 0 saturated heterocycles. The van der Waals surface area contributed by atoms with E-state index in [1.807, 2.05) is 31.2 Å². The molecule has 21 heavy (non-hydrogen) atoms. The molecule has 1 atom stereocenters. The molecule has 1 aromatic rings. The van der Waals surface area contributed by atoms with Gasteiger partial charge in [0.2, 0.25) is 11.8 Å². The molecule has 0 spiro atoms. The van der Waals surface area contributed by atoms with E-state index in [0.29, 0.717) is 0 Å². The average Bonchev–Trinajstić information content (AvgIpc) is 2.44. The average molecular weight is 290 g/mol. The highest BCUT2D eigenvalue weighted by atomic mass is 16.4. The molecule has 1 rings (SSSR count). The number of carbonyl (C=O) groups is 3. The Morgan fingerprint density at radius 1 is 1.29 bits per heavy atom. The molecule has 0 aliphatic carbocycles. The number of carboxylic acid groups (broad SMARTS) is 1. The fourth-order valence-electron chi connectivity index (χ4n) is 1.66. The molecule has 0 saturated carbocycles. The molecule has 0 bridgehead atoms. The van der Waals surface area contributed by atoms with Crippen molar-refractivity contribution in [3.05, 3.63) is 41.5 Å². The first kappa shape index (κ1) is 16.4. The monoisotopic (exact) mass is 290 g/mol. The second-order valence-corrected chi connectivity index (χ2v) is 4.50. The highest BCUT2D eigenvalue weighted by Gasteiger charge is 2.20. The largest absolute Gasteiger partial charge is 0.480 e. The van der Waals surface area contributed by atoms with Crippen LogP contribution in [0.2, 0.25) is 0 Å². The van der Waals surface area contributed by atoms with Crippen LogP contribution in [0.15, 0.2) is 30.3 Å². The molecule has 6 nitrogen and oxygen atoms in total. The number of rotatable bonds is 7. The van der Waals surface area contributed by atoms with Crippen LogP contribution >= 0.6 is 0 Å². The Morgan fingerprint density at radius 2 is 1.90 bits per heavy atom. The first-order valence-electron chi connectivity index (χ1n) is 6.51. The zero-order valence-corrected chi connectivity index (χ0v) is 11.7. The number of hydrogen-bond donors (Lipinski definition) is 3. The number of aryl methyl sites for hydroxylation is 1. The van der Waals surface area contributed by atoms with E-state index >= 15 is 0 Å². The fourth-order valence-corrected chi connectivity index (χ4v) is 1.66. The highest BCUT2D eigenvalue weighted by molar-refractivity contribution is 5.95. The second-order valence-electron chi connectivity index (χ2n) is 4.50. The smallest absolute Gasteiger partial charge is 0.326 e. The lowest BCUT2D eigenvalue weighted by Crippen LogP contribution is -2.42. The Hall–Kier alpha value is -2.63. The molecule has 6 heteroatoms. The van der Waals surface area contributed by atoms with E-state index in [0.717, 1.165) is 12.0 Å². The van der Waals surface area contributed by atoms with Crippen LogP contribution in [0.5, 0.6) is 0 Å². The van der Waals surface area contributed by atoms with E-state index in [1.165, 1.54) is 11.6 Å². The summed E-state index contributed by atoms with van der Waals surface area (Å²) in [7, 11) is 0. The summed E-state index contributed by atoms with van der Waals surface area (Å²) in [5.41, 5.74) is 6.94. The normalized spacial score (nSPS) is 12.0. The van der Waals surface area contributed by atoms with E-state index in [2.05, 4.69) is 5.32 Å². The Kier molecular flexibility index (Phi) is 6.13. The van der Waals surface area contributed by atoms with Crippen LogP contribution in [0.25, 0.3) is 6.08 Å². The summed E-state index contributed by atoms with van der Waals surface area (Å²) in [6.45, 7) is 2.04. The summed E-state index contributed by atoms with van der Waals surface area (Å²) < 4.78 is 0. The molecular weight excluding hydrogens is 272 g/mol. The molecule has 0 aromatic heterocycles.